The van der Waals surface area contributed by atoms with Crippen LogP contribution in [-0.2, 0) is 6.42 Å². The monoisotopic (exact) mass is 310 g/mol. The fraction of sp³-hybridized carbons (Fsp3) is 0.625. The standard InChI is InChI=1S/C16H23BrO/c1-18-15-10-6-7-13(11-15)12-16(17)14-8-4-2-3-5-9-14/h6-7,10-11,14,16H,2-5,8-9,12H2,1H3. The Morgan fingerprint density at radius 2 is 1.94 bits per heavy atom. The molecular formula is C16H23BrO. The number of methoxy groups -OCH3 is 1. The molecule has 2 rings (SSSR count). The molecule has 18 heavy (non-hydrogen) atoms. The summed E-state index contributed by atoms with van der Waals surface area (Å²) in [6, 6.07) is 8.46. The first-order chi connectivity index (χ1) is 8.79. The van der Waals surface area contributed by atoms with E-state index in [0.29, 0.717) is 4.83 Å². The van der Waals surface area contributed by atoms with Crippen molar-refractivity contribution in [1.29, 1.82) is 0 Å². The lowest BCUT2D eigenvalue weighted by Crippen LogP contribution is -2.16. The van der Waals surface area contributed by atoms with E-state index < -0.39 is 0 Å². The molecule has 1 nitrogen and oxygen atoms in total. The van der Waals surface area contributed by atoms with Gasteiger partial charge in [-0.15, -0.1) is 0 Å². The third kappa shape index (κ3) is 4.01. The van der Waals surface area contributed by atoms with Gasteiger partial charge >= 0.3 is 0 Å². The van der Waals surface area contributed by atoms with E-state index >= 15 is 0 Å². The van der Waals surface area contributed by atoms with Crippen LogP contribution < -0.4 is 4.74 Å². The summed E-state index contributed by atoms with van der Waals surface area (Å²) < 4.78 is 5.29. The highest BCUT2D eigenvalue weighted by Crippen LogP contribution is 2.31. The maximum atomic E-state index is 5.29. The van der Waals surface area contributed by atoms with Gasteiger partial charge in [0.25, 0.3) is 0 Å². The summed E-state index contributed by atoms with van der Waals surface area (Å²) in [7, 11) is 1.73. The molecule has 0 saturated heterocycles. The quantitative estimate of drug-likeness (QED) is 0.563. The van der Waals surface area contributed by atoms with Crippen molar-refractivity contribution in [1.82, 2.24) is 0 Å². The summed E-state index contributed by atoms with van der Waals surface area (Å²) in [5, 5.41) is 0. The fourth-order valence-corrected chi connectivity index (χ4v) is 3.77. The van der Waals surface area contributed by atoms with Gasteiger partial charge in [-0.2, -0.15) is 0 Å². The molecule has 2 heteroatoms. The van der Waals surface area contributed by atoms with Gasteiger partial charge in [-0.25, -0.2) is 0 Å². The number of benzene rings is 1. The molecule has 1 aliphatic carbocycles. The van der Waals surface area contributed by atoms with Crippen LogP contribution in [0.25, 0.3) is 0 Å². The molecule has 1 unspecified atom stereocenters. The Kier molecular flexibility index (Phi) is 5.55. The van der Waals surface area contributed by atoms with Gasteiger partial charge in [-0.05, 0) is 42.9 Å². The zero-order valence-corrected chi connectivity index (χ0v) is 12.8. The van der Waals surface area contributed by atoms with E-state index in [-0.39, 0.29) is 0 Å². The van der Waals surface area contributed by atoms with Gasteiger partial charge in [0.2, 0.25) is 0 Å². The molecule has 1 atom stereocenters. The predicted octanol–water partition coefficient (Wildman–Crippen LogP) is 4.97. The molecule has 1 aliphatic rings. The van der Waals surface area contributed by atoms with E-state index in [4.69, 9.17) is 4.74 Å². The molecule has 1 aromatic carbocycles. The van der Waals surface area contributed by atoms with Crippen molar-refractivity contribution >= 4 is 15.9 Å². The van der Waals surface area contributed by atoms with Crippen molar-refractivity contribution in [3.05, 3.63) is 29.8 Å². The zero-order valence-electron chi connectivity index (χ0n) is 11.2. The number of hydrogen-bond acceptors (Lipinski definition) is 1. The average Bonchev–Trinajstić information content (AvgIpc) is 2.68. The lowest BCUT2D eigenvalue weighted by atomic mass is 9.92. The largest absolute Gasteiger partial charge is 0.497 e. The SMILES string of the molecule is COc1cccc(CC(Br)C2CCCCCC2)c1. The summed E-state index contributed by atoms with van der Waals surface area (Å²) in [5.74, 6) is 1.81. The fourth-order valence-electron chi connectivity index (χ4n) is 2.86. The molecule has 0 N–H and O–H groups in total. The minimum atomic E-state index is 0.614. The van der Waals surface area contributed by atoms with Crippen molar-refractivity contribution in [2.45, 2.75) is 49.8 Å². The van der Waals surface area contributed by atoms with Crippen molar-refractivity contribution in [2.24, 2.45) is 5.92 Å². The number of hydrogen-bond donors (Lipinski definition) is 0. The maximum absolute atomic E-state index is 5.29. The molecule has 1 aromatic rings. The molecule has 1 fully saturated rings. The van der Waals surface area contributed by atoms with Gasteiger partial charge in [0.15, 0.2) is 0 Å². The van der Waals surface area contributed by atoms with Crippen molar-refractivity contribution in [3.63, 3.8) is 0 Å². The van der Waals surface area contributed by atoms with Crippen molar-refractivity contribution in [3.8, 4) is 5.75 Å². The first kappa shape index (κ1) is 13.9. The van der Waals surface area contributed by atoms with Crippen LogP contribution in [-0.4, -0.2) is 11.9 Å². The third-order valence-corrected chi connectivity index (χ3v) is 5.05. The van der Waals surface area contributed by atoms with Gasteiger partial charge in [0.05, 0.1) is 7.11 Å². The summed E-state index contributed by atoms with van der Waals surface area (Å²) in [6.45, 7) is 0. The number of rotatable bonds is 4. The summed E-state index contributed by atoms with van der Waals surface area (Å²) in [5.41, 5.74) is 1.38. The molecule has 0 spiro atoms. The number of alkyl halides is 1. The average molecular weight is 311 g/mol. The van der Waals surface area contributed by atoms with Gasteiger partial charge in [0.1, 0.15) is 5.75 Å². The first-order valence-corrected chi connectivity index (χ1v) is 7.98. The van der Waals surface area contributed by atoms with Crippen LogP contribution in [0.1, 0.15) is 44.1 Å². The summed E-state index contributed by atoms with van der Waals surface area (Å²) in [4.78, 5) is 0.614. The van der Waals surface area contributed by atoms with Crippen LogP contribution in [0.3, 0.4) is 0 Å². The minimum absolute atomic E-state index is 0.614. The van der Waals surface area contributed by atoms with Gasteiger partial charge < -0.3 is 4.74 Å². The molecule has 100 valence electrons. The van der Waals surface area contributed by atoms with E-state index in [1.165, 1.54) is 44.1 Å². The van der Waals surface area contributed by atoms with E-state index in [1.54, 1.807) is 7.11 Å². The maximum Gasteiger partial charge on any atom is 0.119 e. The Hall–Kier alpha value is -0.500. The van der Waals surface area contributed by atoms with Crippen LogP contribution in [0.2, 0.25) is 0 Å². The van der Waals surface area contributed by atoms with Gasteiger partial charge in [-0.1, -0.05) is 53.7 Å². The lowest BCUT2D eigenvalue weighted by Gasteiger charge is -2.21. The Labute approximate surface area is 119 Å². The molecule has 0 heterocycles. The Morgan fingerprint density at radius 1 is 1.22 bits per heavy atom. The van der Waals surface area contributed by atoms with E-state index in [2.05, 4.69) is 34.1 Å². The van der Waals surface area contributed by atoms with E-state index in [1.807, 2.05) is 6.07 Å². The highest BCUT2D eigenvalue weighted by Gasteiger charge is 2.20. The smallest absolute Gasteiger partial charge is 0.119 e. The molecule has 0 aromatic heterocycles. The highest BCUT2D eigenvalue weighted by atomic mass is 79.9. The van der Waals surface area contributed by atoms with E-state index in [0.717, 1.165) is 18.1 Å². The molecule has 0 radical (unpaired) electrons. The van der Waals surface area contributed by atoms with Crippen LogP contribution in [0, 0.1) is 5.92 Å². The van der Waals surface area contributed by atoms with Crippen LogP contribution in [0.5, 0.6) is 5.75 Å². The zero-order chi connectivity index (χ0) is 12.8. The second-order valence-electron chi connectivity index (χ2n) is 5.32. The topological polar surface area (TPSA) is 9.23 Å². The number of ether oxygens (including phenoxy) is 1. The van der Waals surface area contributed by atoms with Crippen LogP contribution in [0.4, 0.5) is 0 Å². The normalized spacial score (nSPS) is 19.2. The van der Waals surface area contributed by atoms with Crippen molar-refractivity contribution in [2.75, 3.05) is 7.11 Å². The molecule has 1 saturated carbocycles. The molecule has 0 amide bonds. The summed E-state index contributed by atoms with van der Waals surface area (Å²) >= 11 is 3.92. The Bertz CT molecular complexity index is 356. The molecule has 0 aliphatic heterocycles. The Balaban J connectivity index is 1.94. The molecular weight excluding hydrogens is 288 g/mol. The van der Waals surface area contributed by atoms with Crippen molar-refractivity contribution < 1.29 is 4.74 Å². The second-order valence-corrected chi connectivity index (χ2v) is 6.50. The van der Waals surface area contributed by atoms with Crippen LogP contribution in [0.15, 0.2) is 24.3 Å². The third-order valence-electron chi connectivity index (χ3n) is 3.98. The highest BCUT2D eigenvalue weighted by molar-refractivity contribution is 9.09. The van der Waals surface area contributed by atoms with Gasteiger partial charge in [-0.3, -0.25) is 0 Å². The predicted molar refractivity (Wildman–Crippen MR) is 80.6 cm³/mol. The van der Waals surface area contributed by atoms with Gasteiger partial charge in [0, 0.05) is 4.83 Å². The Morgan fingerprint density at radius 3 is 2.61 bits per heavy atom. The number of halogens is 1. The first-order valence-electron chi connectivity index (χ1n) is 7.06. The van der Waals surface area contributed by atoms with E-state index in [9.17, 15) is 0 Å². The minimum Gasteiger partial charge on any atom is -0.497 e. The summed E-state index contributed by atoms with van der Waals surface area (Å²) in [6.07, 6.45) is 9.56. The second kappa shape index (κ2) is 7.18. The lowest BCUT2D eigenvalue weighted by molar-refractivity contribution is 0.413. The van der Waals surface area contributed by atoms with Crippen LogP contribution >= 0.6 is 15.9 Å². The molecule has 0 bridgehead atoms.